The van der Waals surface area contributed by atoms with Crippen LogP contribution < -0.4 is 5.43 Å². The molecule has 0 bridgehead atoms. The summed E-state index contributed by atoms with van der Waals surface area (Å²) in [6.07, 6.45) is 1.01. The molecule has 0 aliphatic carbocycles. The third-order valence-corrected chi connectivity index (χ3v) is 4.79. The molecule has 0 N–H and O–H groups in total. The first-order chi connectivity index (χ1) is 13.4. The van der Waals surface area contributed by atoms with Gasteiger partial charge < -0.3 is 18.8 Å². The Kier molecular flexibility index (Phi) is 5.77. The molecule has 1 aliphatic heterocycles. The second-order valence-electron chi connectivity index (χ2n) is 6.73. The highest BCUT2D eigenvalue weighted by atomic mass is 16.5. The van der Waals surface area contributed by atoms with Crippen LogP contribution in [0.15, 0.2) is 33.5 Å². The van der Waals surface area contributed by atoms with Crippen LogP contribution in [0, 0.1) is 12.8 Å². The SMILES string of the molecule is COC(=O)C1CCN(C(=O)COC(=O)c2cc(=O)c3cc(C)ccc3o2)CC1. The van der Waals surface area contributed by atoms with Gasteiger partial charge in [0, 0.05) is 19.2 Å². The molecule has 3 rings (SSSR count). The van der Waals surface area contributed by atoms with Gasteiger partial charge in [-0.05, 0) is 31.9 Å². The van der Waals surface area contributed by atoms with Crippen LogP contribution in [0.25, 0.3) is 11.0 Å². The number of likely N-dealkylation sites (tertiary alicyclic amines) is 1. The summed E-state index contributed by atoms with van der Waals surface area (Å²) in [6.45, 7) is 2.17. The number of aryl methyl sites for hydroxylation is 1. The van der Waals surface area contributed by atoms with E-state index in [1.54, 1.807) is 18.2 Å². The van der Waals surface area contributed by atoms with Crippen molar-refractivity contribution >= 4 is 28.8 Å². The molecule has 0 saturated carbocycles. The number of piperidine rings is 1. The average molecular weight is 387 g/mol. The third-order valence-electron chi connectivity index (χ3n) is 4.79. The second-order valence-corrected chi connectivity index (χ2v) is 6.73. The maximum absolute atomic E-state index is 12.2. The van der Waals surface area contributed by atoms with Crippen LogP contribution >= 0.6 is 0 Å². The molecule has 8 heteroatoms. The zero-order valence-electron chi connectivity index (χ0n) is 15.7. The first-order valence-corrected chi connectivity index (χ1v) is 8.96. The molecule has 1 fully saturated rings. The highest BCUT2D eigenvalue weighted by Gasteiger charge is 2.28. The van der Waals surface area contributed by atoms with Crippen molar-refractivity contribution in [1.82, 2.24) is 4.90 Å². The lowest BCUT2D eigenvalue weighted by atomic mass is 9.97. The highest BCUT2D eigenvalue weighted by Crippen LogP contribution is 2.19. The maximum Gasteiger partial charge on any atom is 0.374 e. The number of fused-ring (bicyclic) bond motifs is 1. The Morgan fingerprint density at radius 1 is 1.18 bits per heavy atom. The fraction of sp³-hybridized carbons (Fsp3) is 0.400. The molecule has 28 heavy (non-hydrogen) atoms. The summed E-state index contributed by atoms with van der Waals surface area (Å²) in [4.78, 5) is 49.7. The van der Waals surface area contributed by atoms with Gasteiger partial charge >= 0.3 is 11.9 Å². The molecule has 1 amide bonds. The Bertz CT molecular complexity index is 970. The van der Waals surface area contributed by atoms with Crippen molar-refractivity contribution in [2.45, 2.75) is 19.8 Å². The minimum Gasteiger partial charge on any atom is -0.469 e. The van der Waals surface area contributed by atoms with E-state index in [1.165, 1.54) is 12.0 Å². The molecule has 1 aliphatic rings. The van der Waals surface area contributed by atoms with Gasteiger partial charge in [-0.15, -0.1) is 0 Å². The van der Waals surface area contributed by atoms with E-state index in [1.807, 2.05) is 6.92 Å². The number of nitrogens with zero attached hydrogens (tertiary/aromatic N) is 1. The number of hydrogen-bond acceptors (Lipinski definition) is 7. The molecule has 148 valence electrons. The number of rotatable bonds is 4. The van der Waals surface area contributed by atoms with Crippen LogP contribution in [0.5, 0.6) is 0 Å². The summed E-state index contributed by atoms with van der Waals surface area (Å²) in [5, 5.41) is 0.376. The Morgan fingerprint density at radius 2 is 1.89 bits per heavy atom. The third kappa shape index (κ3) is 4.21. The fourth-order valence-electron chi connectivity index (χ4n) is 3.19. The Hall–Kier alpha value is -3.16. The van der Waals surface area contributed by atoms with Crippen molar-refractivity contribution in [2.24, 2.45) is 5.92 Å². The topological polar surface area (TPSA) is 103 Å². The van der Waals surface area contributed by atoms with Crippen molar-refractivity contribution in [2.75, 3.05) is 26.8 Å². The predicted molar refractivity (Wildman–Crippen MR) is 98.8 cm³/mol. The van der Waals surface area contributed by atoms with Crippen LogP contribution in [0.4, 0.5) is 0 Å². The van der Waals surface area contributed by atoms with Gasteiger partial charge in [0.25, 0.3) is 5.91 Å². The van der Waals surface area contributed by atoms with Crippen molar-refractivity contribution in [3.8, 4) is 0 Å². The molecule has 0 radical (unpaired) electrons. The van der Waals surface area contributed by atoms with Crippen molar-refractivity contribution < 1.29 is 28.3 Å². The Labute approximate surface area is 161 Å². The lowest BCUT2D eigenvalue weighted by Gasteiger charge is -2.30. The summed E-state index contributed by atoms with van der Waals surface area (Å²) in [5.74, 6) is -1.99. The fourth-order valence-corrected chi connectivity index (χ4v) is 3.19. The monoisotopic (exact) mass is 387 g/mol. The van der Waals surface area contributed by atoms with E-state index >= 15 is 0 Å². The van der Waals surface area contributed by atoms with Gasteiger partial charge in [-0.25, -0.2) is 4.79 Å². The summed E-state index contributed by atoms with van der Waals surface area (Å²) >= 11 is 0. The largest absolute Gasteiger partial charge is 0.469 e. The zero-order chi connectivity index (χ0) is 20.3. The van der Waals surface area contributed by atoms with Crippen molar-refractivity contribution in [3.63, 3.8) is 0 Å². The van der Waals surface area contributed by atoms with Gasteiger partial charge in [-0.2, -0.15) is 0 Å². The quantitative estimate of drug-likeness (QED) is 0.735. The van der Waals surface area contributed by atoms with Crippen LogP contribution in [-0.2, 0) is 19.1 Å². The van der Waals surface area contributed by atoms with Crippen LogP contribution in [0.1, 0.15) is 29.0 Å². The smallest absolute Gasteiger partial charge is 0.374 e. The van der Waals surface area contributed by atoms with E-state index in [-0.39, 0.29) is 34.6 Å². The van der Waals surface area contributed by atoms with E-state index in [9.17, 15) is 19.2 Å². The minimum absolute atomic E-state index is 0.216. The number of methoxy groups -OCH3 is 1. The summed E-state index contributed by atoms with van der Waals surface area (Å²) in [5.41, 5.74) is 0.825. The summed E-state index contributed by atoms with van der Waals surface area (Å²) < 4.78 is 15.2. The number of amides is 1. The minimum atomic E-state index is -0.877. The molecular formula is C20H21NO7. The lowest BCUT2D eigenvalue weighted by molar-refractivity contribution is -0.149. The molecule has 1 aromatic carbocycles. The van der Waals surface area contributed by atoms with E-state index in [4.69, 9.17) is 13.9 Å². The molecule has 8 nitrogen and oxygen atoms in total. The van der Waals surface area contributed by atoms with Gasteiger partial charge in [0.05, 0.1) is 18.4 Å². The van der Waals surface area contributed by atoms with Crippen LogP contribution in [0.3, 0.4) is 0 Å². The molecule has 1 aromatic heterocycles. The zero-order valence-corrected chi connectivity index (χ0v) is 15.7. The number of esters is 2. The van der Waals surface area contributed by atoms with E-state index in [0.717, 1.165) is 11.6 Å². The number of carbonyl (C=O) groups excluding carboxylic acids is 3. The van der Waals surface area contributed by atoms with Gasteiger partial charge in [-0.1, -0.05) is 11.6 Å². The lowest BCUT2D eigenvalue weighted by Crippen LogP contribution is -2.42. The van der Waals surface area contributed by atoms with Crippen LogP contribution in [-0.4, -0.2) is 49.6 Å². The van der Waals surface area contributed by atoms with Crippen molar-refractivity contribution in [3.05, 3.63) is 45.8 Å². The Balaban J connectivity index is 1.59. The molecule has 0 spiro atoms. The summed E-state index contributed by atoms with van der Waals surface area (Å²) in [7, 11) is 1.34. The summed E-state index contributed by atoms with van der Waals surface area (Å²) in [6, 6.07) is 6.12. The van der Waals surface area contributed by atoms with E-state index in [0.29, 0.717) is 31.3 Å². The van der Waals surface area contributed by atoms with Gasteiger partial charge in [-0.3, -0.25) is 14.4 Å². The number of carbonyl (C=O) groups is 3. The first kappa shape index (κ1) is 19.6. The number of hydrogen-bond donors (Lipinski definition) is 0. The molecule has 0 unspecified atom stereocenters. The van der Waals surface area contributed by atoms with E-state index in [2.05, 4.69) is 0 Å². The predicted octanol–water partition coefficient (Wildman–Crippen LogP) is 1.67. The second kappa shape index (κ2) is 8.24. The Morgan fingerprint density at radius 3 is 2.57 bits per heavy atom. The first-order valence-electron chi connectivity index (χ1n) is 8.96. The van der Waals surface area contributed by atoms with E-state index < -0.39 is 12.6 Å². The molecule has 2 heterocycles. The average Bonchev–Trinajstić information content (AvgIpc) is 2.71. The molecule has 1 saturated heterocycles. The van der Waals surface area contributed by atoms with Gasteiger partial charge in [0.1, 0.15) is 5.58 Å². The van der Waals surface area contributed by atoms with Gasteiger partial charge in [0.15, 0.2) is 12.0 Å². The molecule has 0 atom stereocenters. The number of benzene rings is 1. The normalized spacial score (nSPS) is 14.7. The maximum atomic E-state index is 12.2. The standard InChI is InChI=1S/C20H21NO7/c1-12-3-4-16-14(9-12)15(22)10-17(28-16)20(25)27-11-18(23)21-7-5-13(6-8-21)19(24)26-2/h3-4,9-10,13H,5-8,11H2,1-2H3. The molecule has 2 aromatic rings. The van der Waals surface area contributed by atoms with Crippen molar-refractivity contribution in [1.29, 1.82) is 0 Å². The molecular weight excluding hydrogens is 366 g/mol. The highest BCUT2D eigenvalue weighted by molar-refractivity contribution is 5.90. The number of ether oxygens (including phenoxy) is 2. The van der Waals surface area contributed by atoms with Gasteiger partial charge in [0.2, 0.25) is 5.76 Å². The van der Waals surface area contributed by atoms with Crippen LogP contribution in [0.2, 0.25) is 0 Å².